The number of aromatic nitrogens is 1. The Morgan fingerprint density at radius 1 is 1.05 bits per heavy atom. The summed E-state index contributed by atoms with van der Waals surface area (Å²) in [4.78, 5) is 33.1. The maximum absolute atomic E-state index is 13.6. The minimum atomic E-state index is -0.944. The molecule has 0 aliphatic carbocycles. The zero-order valence-corrected chi connectivity index (χ0v) is 24.0. The van der Waals surface area contributed by atoms with Crippen molar-refractivity contribution in [3.8, 4) is 11.5 Å². The summed E-state index contributed by atoms with van der Waals surface area (Å²) in [7, 11) is 1.54. The third kappa shape index (κ3) is 5.29. The molecule has 0 saturated carbocycles. The summed E-state index contributed by atoms with van der Waals surface area (Å²) in [5, 5.41) is 12.3. The van der Waals surface area contributed by atoms with Gasteiger partial charge in [-0.05, 0) is 49.2 Å². The smallest absolute Gasteiger partial charge is 0.301 e. The van der Waals surface area contributed by atoms with Crippen molar-refractivity contribution in [2.45, 2.75) is 39.2 Å². The monoisotopic (exact) mass is 576 g/mol. The fourth-order valence-electron chi connectivity index (χ4n) is 4.71. The van der Waals surface area contributed by atoms with Gasteiger partial charge in [-0.2, -0.15) is 0 Å². The van der Waals surface area contributed by atoms with Crippen LogP contribution in [-0.2, 0) is 9.59 Å². The molecular formula is C31H29ClN2O5S. The molecule has 40 heavy (non-hydrogen) atoms. The van der Waals surface area contributed by atoms with E-state index in [1.807, 2.05) is 19.1 Å². The second kappa shape index (κ2) is 11.7. The van der Waals surface area contributed by atoms with Crippen molar-refractivity contribution in [2.24, 2.45) is 0 Å². The van der Waals surface area contributed by atoms with E-state index in [1.54, 1.807) is 55.6 Å². The lowest BCUT2D eigenvalue weighted by Gasteiger charge is -2.24. The lowest BCUT2D eigenvalue weighted by atomic mass is 9.95. The van der Waals surface area contributed by atoms with Crippen molar-refractivity contribution >= 4 is 55.7 Å². The second-order valence-corrected chi connectivity index (χ2v) is 11.1. The van der Waals surface area contributed by atoms with Crippen LogP contribution in [0.25, 0.3) is 16.0 Å². The molecule has 1 aliphatic rings. The van der Waals surface area contributed by atoms with Gasteiger partial charge in [-0.1, -0.05) is 78.6 Å². The Morgan fingerprint density at radius 3 is 2.55 bits per heavy atom. The Hall–Kier alpha value is -3.88. The van der Waals surface area contributed by atoms with Crippen LogP contribution in [0.1, 0.15) is 48.9 Å². The lowest BCUT2D eigenvalue weighted by molar-refractivity contribution is -0.132. The highest BCUT2D eigenvalue weighted by molar-refractivity contribution is 7.22. The van der Waals surface area contributed by atoms with Gasteiger partial charge in [0.2, 0.25) is 0 Å². The molecule has 1 aliphatic heterocycles. The Morgan fingerprint density at radius 2 is 1.82 bits per heavy atom. The van der Waals surface area contributed by atoms with Crippen molar-refractivity contribution in [3.63, 3.8) is 0 Å². The lowest BCUT2D eigenvalue weighted by Crippen LogP contribution is -2.29. The first-order valence-electron chi connectivity index (χ1n) is 13.1. The van der Waals surface area contributed by atoms with E-state index in [1.165, 1.54) is 16.2 Å². The first-order valence-corrected chi connectivity index (χ1v) is 14.3. The predicted octanol–water partition coefficient (Wildman–Crippen LogP) is 7.46. The summed E-state index contributed by atoms with van der Waals surface area (Å²) >= 11 is 7.44. The average molecular weight is 577 g/mol. The number of hydrogen-bond donors (Lipinski definition) is 1. The molecule has 206 valence electrons. The number of thiazole rings is 1. The number of halogens is 1. The number of amides is 1. The fraction of sp³-hybridized carbons (Fsp3) is 0.258. The topological polar surface area (TPSA) is 89.0 Å². The number of aliphatic hydroxyl groups excluding tert-OH is 1. The molecule has 9 heteroatoms. The van der Waals surface area contributed by atoms with Crippen molar-refractivity contribution in [2.75, 3.05) is 18.6 Å². The van der Waals surface area contributed by atoms with Crippen LogP contribution in [-0.4, -0.2) is 35.5 Å². The minimum Gasteiger partial charge on any atom is -0.507 e. The number of rotatable bonds is 9. The number of unbranched alkanes of at least 4 members (excludes halogenated alkanes) is 2. The van der Waals surface area contributed by atoms with E-state index in [2.05, 4.69) is 11.9 Å². The van der Waals surface area contributed by atoms with Crippen molar-refractivity contribution in [3.05, 3.63) is 87.9 Å². The van der Waals surface area contributed by atoms with Gasteiger partial charge < -0.3 is 14.6 Å². The normalized spacial score (nSPS) is 16.6. The first kappa shape index (κ1) is 27.7. The van der Waals surface area contributed by atoms with Crippen LogP contribution in [0.15, 0.2) is 66.2 Å². The number of ketones is 1. The molecule has 5 rings (SSSR count). The van der Waals surface area contributed by atoms with E-state index in [9.17, 15) is 14.7 Å². The molecule has 1 N–H and O–H groups in total. The van der Waals surface area contributed by atoms with E-state index in [4.69, 9.17) is 21.1 Å². The largest absolute Gasteiger partial charge is 0.507 e. The molecule has 0 spiro atoms. The molecule has 1 aromatic heterocycles. The standard InChI is InChI=1S/C31H29ClN2O5S/c1-4-5-6-15-39-23-14-11-20(16-24(23)38-3)27-26(28(35)19-9-7-18(2)8-10-19)29(36)30(37)34(27)31-33-22-13-12-21(32)17-25(22)40-31/h7-14,16-17,27,35H,4-6,15H2,1-3H3/b28-26+. The van der Waals surface area contributed by atoms with E-state index in [0.29, 0.717) is 44.9 Å². The number of ether oxygens (including phenoxy) is 2. The summed E-state index contributed by atoms with van der Waals surface area (Å²) in [6.45, 7) is 4.60. The first-order chi connectivity index (χ1) is 19.3. The molecule has 1 unspecified atom stereocenters. The van der Waals surface area contributed by atoms with Gasteiger partial charge in [0, 0.05) is 10.6 Å². The Balaban J connectivity index is 1.65. The summed E-state index contributed by atoms with van der Waals surface area (Å²) in [6, 6.07) is 16.7. The van der Waals surface area contributed by atoms with Gasteiger partial charge in [0.15, 0.2) is 16.6 Å². The summed E-state index contributed by atoms with van der Waals surface area (Å²) < 4.78 is 12.4. The highest BCUT2D eigenvalue weighted by Gasteiger charge is 2.48. The zero-order chi connectivity index (χ0) is 28.4. The number of anilines is 1. The molecule has 7 nitrogen and oxygen atoms in total. The van der Waals surface area contributed by atoms with Gasteiger partial charge in [-0.25, -0.2) is 4.98 Å². The van der Waals surface area contributed by atoms with Crippen molar-refractivity contribution < 1.29 is 24.2 Å². The minimum absolute atomic E-state index is 0.0233. The van der Waals surface area contributed by atoms with E-state index in [0.717, 1.165) is 29.5 Å². The third-order valence-electron chi connectivity index (χ3n) is 6.82. The van der Waals surface area contributed by atoms with Gasteiger partial charge >= 0.3 is 5.91 Å². The molecule has 1 saturated heterocycles. The Labute approximate surface area is 241 Å². The van der Waals surface area contributed by atoms with Gasteiger partial charge in [0.05, 0.1) is 35.5 Å². The van der Waals surface area contributed by atoms with Crippen LogP contribution in [0.5, 0.6) is 11.5 Å². The maximum atomic E-state index is 13.6. The van der Waals surface area contributed by atoms with Gasteiger partial charge in [-0.15, -0.1) is 0 Å². The molecule has 1 amide bonds. The summed E-state index contributed by atoms with van der Waals surface area (Å²) in [6.07, 6.45) is 3.05. The van der Waals surface area contributed by atoms with Crippen LogP contribution < -0.4 is 14.4 Å². The molecule has 0 bridgehead atoms. The maximum Gasteiger partial charge on any atom is 0.301 e. The van der Waals surface area contributed by atoms with E-state index < -0.39 is 17.7 Å². The Bertz CT molecular complexity index is 1610. The number of fused-ring (bicyclic) bond motifs is 1. The number of Topliss-reactive ketones (excluding diaryl/α,β-unsaturated/α-hetero) is 1. The van der Waals surface area contributed by atoms with Gasteiger partial charge in [0.25, 0.3) is 5.78 Å². The number of carbonyl (C=O) groups is 2. The van der Waals surface area contributed by atoms with Crippen molar-refractivity contribution in [1.82, 2.24) is 4.98 Å². The summed E-state index contributed by atoms with van der Waals surface area (Å²) in [5.74, 6) is -0.797. The quantitative estimate of drug-likeness (QED) is 0.0962. The summed E-state index contributed by atoms with van der Waals surface area (Å²) in [5.41, 5.74) is 2.64. The molecule has 0 radical (unpaired) electrons. The zero-order valence-electron chi connectivity index (χ0n) is 22.4. The molecular weight excluding hydrogens is 548 g/mol. The number of benzene rings is 3. The van der Waals surface area contributed by atoms with E-state index in [-0.39, 0.29) is 11.3 Å². The molecule has 3 aromatic carbocycles. The number of carbonyl (C=O) groups excluding carboxylic acids is 2. The van der Waals surface area contributed by atoms with Crippen LogP contribution in [0.2, 0.25) is 5.02 Å². The molecule has 2 heterocycles. The number of aliphatic hydroxyl groups is 1. The highest BCUT2D eigenvalue weighted by atomic mass is 35.5. The third-order valence-corrected chi connectivity index (χ3v) is 8.08. The van der Waals surface area contributed by atoms with Gasteiger partial charge in [0.1, 0.15) is 5.76 Å². The number of hydrogen-bond acceptors (Lipinski definition) is 7. The van der Waals surface area contributed by atoms with Crippen LogP contribution >= 0.6 is 22.9 Å². The fourth-order valence-corrected chi connectivity index (χ4v) is 5.98. The van der Waals surface area contributed by atoms with Crippen molar-refractivity contribution in [1.29, 1.82) is 0 Å². The second-order valence-electron chi connectivity index (χ2n) is 9.61. The number of nitrogens with zero attached hydrogens (tertiary/aromatic N) is 2. The molecule has 1 fully saturated rings. The molecule has 1 atom stereocenters. The average Bonchev–Trinajstić information content (AvgIpc) is 3.48. The number of aryl methyl sites for hydroxylation is 1. The SMILES string of the molecule is CCCCCOc1ccc(C2/C(=C(\O)c3ccc(C)cc3)C(=O)C(=O)N2c2nc3ccc(Cl)cc3s2)cc1OC. The van der Waals surface area contributed by atoms with Crippen LogP contribution in [0.4, 0.5) is 5.13 Å². The Kier molecular flexibility index (Phi) is 8.09. The highest BCUT2D eigenvalue weighted by Crippen LogP contribution is 2.46. The van der Waals surface area contributed by atoms with E-state index >= 15 is 0 Å². The number of methoxy groups -OCH3 is 1. The molecule has 4 aromatic rings. The van der Waals surface area contributed by atoms with Gasteiger partial charge in [-0.3, -0.25) is 14.5 Å². The van der Waals surface area contributed by atoms with Crippen LogP contribution in [0.3, 0.4) is 0 Å². The van der Waals surface area contributed by atoms with Crippen LogP contribution in [0, 0.1) is 6.92 Å². The predicted molar refractivity (Wildman–Crippen MR) is 159 cm³/mol.